The molecule has 0 bridgehead atoms. The summed E-state index contributed by atoms with van der Waals surface area (Å²) in [5, 5.41) is 3.47. The van der Waals surface area contributed by atoms with Gasteiger partial charge in [0.2, 0.25) is 5.88 Å². The van der Waals surface area contributed by atoms with E-state index in [1.807, 2.05) is 42.7 Å². The van der Waals surface area contributed by atoms with Crippen molar-refractivity contribution >= 4 is 11.2 Å². The average molecular weight is 373 g/mol. The number of hydrogen-bond acceptors (Lipinski definition) is 5. The maximum atomic E-state index is 5.87. The van der Waals surface area contributed by atoms with Crippen LogP contribution in [0.1, 0.15) is 17.5 Å². The maximum absolute atomic E-state index is 5.87. The molecule has 0 radical (unpaired) electrons. The molecule has 0 saturated heterocycles. The molecule has 4 aromatic rings. The molecule has 0 aliphatic heterocycles. The van der Waals surface area contributed by atoms with Crippen LogP contribution >= 0.6 is 0 Å². The molecular weight excluding hydrogens is 350 g/mol. The van der Waals surface area contributed by atoms with Crippen molar-refractivity contribution in [3.05, 3.63) is 84.4 Å². The summed E-state index contributed by atoms with van der Waals surface area (Å²) in [5.41, 5.74) is 3.90. The zero-order valence-electron chi connectivity index (χ0n) is 15.7. The zero-order valence-corrected chi connectivity index (χ0v) is 15.7. The smallest absolute Gasteiger partial charge is 0.245 e. The van der Waals surface area contributed by atoms with Crippen molar-refractivity contribution in [3.8, 4) is 5.88 Å². The van der Waals surface area contributed by atoms with Gasteiger partial charge in [-0.15, -0.1) is 0 Å². The van der Waals surface area contributed by atoms with Gasteiger partial charge in [0.1, 0.15) is 12.9 Å². The summed E-state index contributed by atoms with van der Waals surface area (Å²) in [6.07, 6.45) is 4.34. The summed E-state index contributed by atoms with van der Waals surface area (Å²) < 4.78 is 7.92. The van der Waals surface area contributed by atoms with E-state index in [0.717, 1.165) is 37.3 Å². The fraction of sp³-hybridized carbons (Fsp3) is 0.227. The van der Waals surface area contributed by atoms with Gasteiger partial charge < -0.3 is 14.6 Å². The average Bonchev–Trinajstić information content (AvgIpc) is 3.17. The predicted octanol–water partition coefficient (Wildman–Crippen LogP) is 3.59. The SMILES string of the molecule is c1ccc(CNCCCn2cnc3c(OCc4ccccc4)ncnc32)cc1. The first kappa shape index (κ1) is 18.1. The van der Waals surface area contributed by atoms with Gasteiger partial charge in [0.05, 0.1) is 6.33 Å². The summed E-state index contributed by atoms with van der Waals surface area (Å²) >= 11 is 0. The topological polar surface area (TPSA) is 64.9 Å². The lowest BCUT2D eigenvalue weighted by Crippen LogP contribution is -2.16. The molecule has 0 aliphatic rings. The molecule has 0 fully saturated rings. The Morgan fingerprint density at radius 1 is 0.857 bits per heavy atom. The number of fused-ring (bicyclic) bond motifs is 1. The highest BCUT2D eigenvalue weighted by Crippen LogP contribution is 2.20. The Balaban J connectivity index is 1.32. The second kappa shape index (κ2) is 9.10. The van der Waals surface area contributed by atoms with Crippen molar-refractivity contribution in [2.45, 2.75) is 26.1 Å². The molecule has 28 heavy (non-hydrogen) atoms. The highest BCUT2D eigenvalue weighted by molar-refractivity contribution is 5.75. The summed E-state index contributed by atoms with van der Waals surface area (Å²) in [4.78, 5) is 13.1. The van der Waals surface area contributed by atoms with Crippen LogP contribution in [0.3, 0.4) is 0 Å². The third kappa shape index (κ3) is 4.53. The van der Waals surface area contributed by atoms with Crippen LogP contribution < -0.4 is 10.1 Å². The monoisotopic (exact) mass is 373 g/mol. The Hall–Kier alpha value is -3.25. The van der Waals surface area contributed by atoms with E-state index in [-0.39, 0.29) is 0 Å². The van der Waals surface area contributed by atoms with Crippen LogP contribution in [0.5, 0.6) is 5.88 Å². The van der Waals surface area contributed by atoms with Crippen LogP contribution in [0.4, 0.5) is 0 Å². The van der Waals surface area contributed by atoms with Crippen LogP contribution in [-0.4, -0.2) is 26.1 Å². The van der Waals surface area contributed by atoms with Gasteiger partial charge in [0.15, 0.2) is 11.2 Å². The molecule has 0 aliphatic carbocycles. The minimum Gasteiger partial charge on any atom is -0.471 e. The number of imidazole rings is 1. The molecule has 0 spiro atoms. The Labute approximate surface area is 164 Å². The predicted molar refractivity (Wildman–Crippen MR) is 109 cm³/mol. The van der Waals surface area contributed by atoms with Crippen molar-refractivity contribution in [3.63, 3.8) is 0 Å². The molecule has 0 saturated carbocycles. The van der Waals surface area contributed by atoms with Gasteiger partial charge in [-0.25, -0.2) is 9.97 Å². The van der Waals surface area contributed by atoms with E-state index in [9.17, 15) is 0 Å². The minimum absolute atomic E-state index is 0.462. The highest BCUT2D eigenvalue weighted by Gasteiger charge is 2.11. The normalized spacial score (nSPS) is 11.0. The molecule has 6 nitrogen and oxygen atoms in total. The summed E-state index contributed by atoms with van der Waals surface area (Å²) in [5.74, 6) is 0.523. The fourth-order valence-electron chi connectivity index (χ4n) is 3.06. The number of rotatable bonds is 9. The molecule has 4 rings (SSSR count). The number of nitrogens with zero attached hydrogens (tertiary/aromatic N) is 4. The first-order chi connectivity index (χ1) is 13.9. The summed E-state index contributed by atoms with van der Waals surface area (Å²) in [7, 11) is 0. The number of aryl methyl sites for hydroxylation is 1. The standard InChI is InChI=1S/C22H23N5O/c1-3-8-18(9-4-1)14-23-12-7-13-27-17-26-20-21(27)24-16-25-22(20)28-15-19-10-5-2-6-11-19/h1-6,8-11,16-17,23H,7,12-15H2. The Morgan fingerprint density at radius 3 is 2.39 bits per heavy atom. The van der Waals surface area contributed by atoms with E-state index in [4.69, 9.17) is 4.74 Å². The Morgan fingerprint density at radius 2 is 1.61 bits per heavy atom. The van der Waals surface area contributed by atoms with Gasteiger partial charge in [-0.05, 0) is 24.1 Å². The molecular formula is C22H23N5O. The van der Waals surface area contributed by atoms with Crippen LogP contribution in [0.15, 0.2) is 73.3 Å². The molecule has 6 heteroatoms. The van der Waals surface area contributed by atoms with E-state index < -0.39 is 0 Å². The van der Waals surface area contributed by atoms with E-state index in [1.165, 1.54) is 11.9 Å². The van der Waals surface area contributed by atoms with E-state index >= 15 is 0 Å². The first-order valence-corrected chi connectivity index (χ1v) is 9.47. The lowest BCUT2D eigenvalue weighted by Gasteiger charge is -2.07. The largest absolute Gasteiger partial charge is 0.471 e. The third-order valence-electron chi connectivity index (χ3n) is 4.51. The number of aromatic nitrogens is 4. The molecule has 1 N–H and O–H groups in total. The first-order valence-electron chi connectivity index (χ1n) is 9.47. The number of hydrogen-bond donors (Lipinski definition) is 1. The third-order valence-corrected chi connectivity index (χ3v) is 4.51. The molecule has 0 amide bonds. The van der Waals surface area contributed by atoms with Gasteiger partial charge in [0, 0.05) is 13.1 Å². The number of ether oxygens (including phenoxy) is 1. The van der Waals surface area contributed by atoms with Crippen LogP contribution in [0.25, 0.3) is 11.2 Å². The quantitative estimate of drug-likeness (QED) is 0.454. The Bertz CT molecular complexity index is 1000. The molecule has 0 atom stereocenters. The van der Waals surface area contributed by atoms with E-state index in [2.05, 4.69) is 49.1 Å². The molecule has 2 aromatic carbocycles. The van der Waals surface area contributed by atoms with Crippen LogP contribution in [0.2, 0.25) is 0 Å². The minimum atomic E-state index is 0.462. The second-order valence-corrected chi connectivity index (χ2v) is 6.58. The van der Waals surface area contributed by atoms with Gasteiger partial charge in [0.25, 0.3) is 0 Å². The lowest BCUT2D eigenvalue weighted by molar-refractivity contribution is 0.297. The summed E-state index contributed by atoms with van der Waals surface area (Å²) in [6.45, 7) is 3.11. The number of nitrogens with one attached hydrogen (secondary N) is 1. The van der Waals surface area contributed by atoms with Crippen LogP contribution in [-0.2, 0) is 19.7 Å². The molecule has 2 aromatic heterocycles. The van der Waals surface area contributed by atoms with Crippen molar-refractivity contribution in [2.75, 3.05) is 6.54 Å². The van der Waals surface area contributed by atoms with Gasteiger partial charge in [-0.3, -0.25) is 0 Å². The molecule has 0 unspecified atom stereocenters. The lowest BCUT2D eigenvalue weighted by atomic mass is 10.2. The fourth-order valence-corrected chi connectivity index (χ4v) is 3.06. The van der Waals surface area contributed by atoms with Crippen molar-refractivity contribution in [2.24, 2.45) is 0 Å². The molecule has 142 valence electrons. The number of benzene rings is 2. The van der Waals surface area contributed by atoms with Crippen molar-refractivity contribution < 1.29 is 4.74 Å². The zero-order chi connectivity index (χ0) is 19.0. The summed E-state index contributed by atoms with van der Waals surface area (Å²) in [6, 6.07) is 20.4. The second-order valence-electron chi connectivity index (χ2n) is 6.58. The van der Waals surface area contributed by atoms with E-state index in [0.29, 0.717) is 18.0 Å². The van der Waals surface area contributed by atoms with Gasteiger partial charge in [-0.2, -0.15) is 4.98 Å². The maximum Gasteiger partial charge on any atom is 0.245 e. The van der Waals surface area contributed by atoms with Gasteiger partial charge >= 0.3 is 0 Å². The van der Waals surface area contributed by atoms with Crippen molar-refractivity contribution in [1.29, 1.82) is 0 Å². The molecule has 2 heterocycles. The Kier molecular flexibility index (Phi) is 5.89. The van der Waals surface area contributed by atoms with E-state index in [1.54, 1.807) is 0 Å². The van der Waals surface area contributed by atoms with Gasteiger partial charge in [-0.1, -0.05) is 60.7 Å². The van der Waals surface area contributed by atoms with Crippen LogP contribution in [0, 0.1) is 0 Å². The highest BCUT2D eigenvalue weighted by atomic mass is 16.5. The van der Waals surface area contributed by atoms with Crippen molar-refractivity contribution in [1.82, 2.24) is 24.8 Å².